The van der Waals surface area contributed by atoms with Gasteiger partial charge in [0.15, 0.2) is 5.82 Å². The van der Waals surface area contributed by atoms with Gasteiger partial charge in [-0.3, -0.25) is 4.98 Å². The second kappa shape index (κ2) is 6.09. The molecule has 0 aliphatic carbocycles. The van der Waals surface area contributed by atoms with Crippen LogP contribution in [0.25, 0.3) is 11.5 Å². The van der Waals surface area contributed by atoms with E-state index >= 15 is 0 Å². The molecule has 0 fully saturated rings. The van der Waals surface area contributed by atoms with Crippen LogP contribution in [-0.2, 0) is 6.54 Å². The second-order valence-corrected chi connectivity index (χ2v) is 5.16. The summed E-state index contributed by atoms with van der Waals surface area (Å²) in [5.74, 6) is 0.720. The largest absolute Gasteiger partial charge is 0.313 e. The standard InChI is InChI=1S/C16H22N4/c1-6-17-9-14-12(4)19-16(20-13(14)5)15-11(3)7-10(2)8-18-15/h7-8,17H,6,9H2,1-5H3. The molecule has 0 unspecified atom stereocenters. The van der Waals surface area contributed by atoms with Crippen LogP contribution >= 0.6 is 0 Å². The lowest BCUT2D eigenvalue weighted by Crippen LogP contribution is -2.15. The van der Waals surface area contributed by atoms with Crippen molar-refractivity contribution in [2.75, 3.05) is 6.54 Å². The fourth-order valence-electron chi connectivity index (χ4n) is 2.30. The molecule has 0 saturated carbocycles. The third-order valence-electron chi connectivity index (χ3n) is 3.40. The summed E-state index contributed by atoms with van der Waals surface area (Å²) in [7, 11) is 0. The SMILES string of the molecule is CCNCc1c(C)nc(-c2ncc(C)cc2C)nc1C. The molecule has 4 nitrogen and oxygen atoms in total. The first kappa shape index (κ1) is 14.6. The maximum atomic E-state index is 4.63. The first-order chi connectivity index (χ1) is 9.52. The lowest BCUT2D eigenvalue weighted by molar-refractivity contribution is 0.711. The molecule has 2 rings (SSSR count). The molecule has 0 amide bonds. The van der Waals surface area contributed by atoms with E-state index in [-0.39, 0.29) is 0 Å². The molecule has 2 heterocycles. The van der Waals surface area contributed by atoms with Gasteiger partial charge < -0.3 is 5.32 Å². The van der Waals surface area contributed by atoms with Crippen LogP contribution in [0.3, 0.4) is 0 Å². The summed E-state index contributed by atoms with van der Waals surface area (Å²) >= 11 is 0. The fourth-order valence-corrected chi connectivity index (χ4v) is 2.30. The Morgan fingerprint density at radius 3 is 2.25 bits per heavy atom. The van der Waals surface area contributed by atoms with E-state index < -0.39 is 0 Å². The Bertz CT molecular complexity index is 597. The number of aryl methyl sites for hydroxylation is 4. The van der Waals surface area contributed by atoms with E-state index in [4.69, 9.17) is 0 Å². The van der Waals surface area contributed by atoms with Crippen molar-refractivity contribution >= 4 is 0 Å². The smallest absolute Gasteiger partial charge is 0.178 e. The van der Waals surface area contributed by atoms with Crippen LogP contribution in [0, 0.1) is 27.7 Å². The molecule has 0 saturated heterocycles. The van der Waals surface area contributed by atoms with Crippen molar-refractivity contribution in [3.63, 3.8) is 0 Å². The van der Waals surface area contributed by atoms with Gasteiger partial charge >= 0.3 is 0 Å². The van der Waals surface area contributed by atoms with Crippen molar-refractivity contribution in [1.29, 1.82) is 0 Å². The van der Waals surface area contributed by atoms with Crippen LogP contribution in [0.5, 0.6) is 0 Å². The summed E-state index contributed by atoms with van der Waals surface area (Å²) in [6.07, 6.45) is 1.86. The predicted molar refractivity (Wildman–Crippen MR) is 81.6 cm³/mol. The minimum Gasteiger partial charge on any atom is -0.313 e. The van der Waals surface area contributed by atoms with Crippen molar-refractivity contribution in [2.24, 2.45) is 0 Å². The highest BCUT2D eigenvalue weighted by atomic mass is 14.9. The molecule has 0 atom stereocenters. The molecular weight excluding hydrogens is 248 g/mol. The van der Waals surface area contributed by atoms with Gasteiger partial charge in [-0.2, -0.15) is 0 Å². The number of hydrogen-bond acceptors (Lipinski definition) is 4. The first-order valence-corrected chi connectivity index (χ1v) is 7.01. The van der Waals surface area contributed by atoms with E-state index in [0.717, 1.165) is 47.1 Å². The summed E-state index contributed by atoms with van der Waals surface area (Å²) in [5.41, 5.74) is 6.37. The van der Waals surface area contributed by atoms with Gasteiger partial charge in [0.25, 0.3) is 0 Å². The topological polar surface area (TPSA) is 50.7 Å². The molecular formula is C16H22N4. The van der Waals surface area contributed by atoms with Gasteiger partial charge in [-0.25, -0.2) is 9.97 Å². The summed E-state index contributed by atoms with van der Waals surface area (Å²) in [4.78, 5) is 13.7. The van der Waals surface area contributed by atoms with E-state index in [1.54, 1.807) is 0 Å². The van der Waals surface area contributed by atoms with Crippen LogP contribution < -0.4 is 5.32 Å². The second-order valence-electron chi connectivity index (χ2n) is 5.16. The highest BCUT2D eigenvalue weighted by Gasteiger charge is 2.12. The molecule has 0 spiro atoms. The Morgan fingerprint density at radius 1 is 1.05 bits per heavy atom. The van der Waals surface area contributed by atoms with Gasteiger partial charge in [0, 0.05) is 29.7 Å². The zero-order chi connectivity index (χ0) is 14.7. The van der Waals surface area contributed by atoms with Gasteiger partial charge in [-0.15, -0.1) is 0 Å². The quantitative estimate of drug-likeness (QED) is 0.928. The number of hydrogen-bond donors (Lipinski definition) is 1. The van der Waals surface area contributed by atoms with Crippen LogP contribution in [0.1, 0.15) is 35.0 Å². The fraction of sp³-hybridized carbons (Fsp3) is 0.438. The molecule has 20 heavy (non-hydrogen) atoms. The van der Waals surface area contributed by atoms with Crippen molar-refractivity contribution in [3.8, 4) is 11.5 Å². The first-order valence-electron chi connectivity index (χ1n) is 7.01. The zero-order valence-corrected chi connectivity index (χ0v) is 12.9. The molecule has 106 valence electrons. The lowest BCUT2D eigenvalue weighted by atomic mass is 10.1. The molecule has 0 aromatic carbocycles. The van der Waals surface area contributed by atoms with Crippen LogP contribution in [0.4, 0.5) is 0 Å². The minimum absolute atomic E-state index is 0.720. The summed E-state index contributed by atoms with van der Waals surface area (Å²) in [6, 6.07) is 2.11. The molecule has 0 aliphatic heterocycles. The van der Waals surface area contributed by atoms with E-state index in [1.165, 1.54) is 5.56 Å². The summed E-state index contributed by atoms with van der Waals surface area (Å²) in [5, 5.41) is 3.33. The zero-order valence-electron chi connectivity index (χ0n) is 12.9. The Kier molecular flexibility index (Phi) is 4.45. The average molecular weight is 270 g/mol. The monoisotopic (exact) mass is 270 g/mol. The summed E-state index contributed by atoms with van der Waals surface area (Å²) in [6.45, 7) is 12.0. The Hall–Kier alpha value is -1.81. The van der Waals surface area contributed by atoms with Crippen LogP contribution in [0.2, 0.25) is 0 Å². The lowest BCUT2D eigenvalue weighted by Gasteiger charge is -2.12. The Balaban J connectivity index is 2.44. The number of aromatic nitrogens is 3. The Morgan fingerprint density at radius 2 is 1.70 bits per heavy atom. The minimum atomic E-state index is 0.720. The molecule has 2 aromatic rings. The van der Waals surface area contributed by atoms with Gasteiger partial charge in [-0.1, -0.05) is 13.0 Å². The highest BCUT2D eigenvalue weighted by molar-refractivity contribution is 5.55. The van der Waals surface area contributed by atoms with Crippen LogP contribution in [-0.4, -0.2) is 21.5 Å². The summed E-state index contributed by atoms with van der Waals surface area (Å²) < 4.78 is 0. The predicted octanol–water partition coefficient (Wildman–Crippen LogP) is 2.88. The van der Waals surface area contributed by atoms with Crippen molar-refractivity contribution in [3.05, 3.63) is 40.3 Å². The Labute approximate surface area is 120 Å². The number of pyridine rings is 1. The average Bonchev–Trinajstić information content (AvgIpc) is 2.37. The molecule has 2 aromatic heterocycles. The van der Waals surface area contributed by atoms with Gasteiger partial charge in [0.2, 0.25) is 0 Å². The normalized spacial score (nSPS) is 10.8. The highest BCUT2D eigenvalue weighted by Crippen LogP contribution is 2.20. The van der Waals surface area contributed by atoms with Crippen molar-refractivity contribution in [1.82, 2.24) is 20.3 Å². The maximum Gasteiger partial charge on any atom is 0.178 e. The van der Waals surface area contributed by atoms with Crippen molar-refractivity contribution in [2.45, 2.75) is 41.2 Å². The van der Waals surface area contributed by atoms with E-state index in [0.29, 0.717) is 0 Å². The molecule has 0 aliphatic rings. The third-order valence-corrected chi connectivity index (χ3v) is 3.40. The number of rotatable bonds is 4. The van der Waals surface area contributed by atoms with Gasteiger partial charge in [-0.05, 0) is 45.4 Å². The molecule has 4 heteroatoms. The van der Waals surface area contributed by atoms with E-state index in [2.05, 4.69) is 40.2 Å². The number of nitrogens with one attached hydrogen (secondary N) is 1. The maximum absolute atomic E-state index is 4.63. The molecule has 0 bridgehead atoms. The van der Waals surface area contributed by atoms with Gasteiger partial charge in [0.05, 0.1) is 0 Å². The van der Waals surface area contributed by atoms with Crippen molar-refractivity contribution < 1.29 is 0 Å². The third kappa shape index (κ3) is 3.02. The number of nitrogens with zero attached hydrogens (tertiary/aromatic N) is 3. The van der Waals surface area contributed by atoms with Gasteiger partial charge in [0.1, 0.15) is 5.69 Å². The van der Waals surface area contributed by atoms with Crippen LogP contribution in [0.15, 0.2) is 12.3 Å². The molecule has 0 radical (unpaired) electrons. The van der Waals surface area contributed by atoms with E-state index in [1.807, 2.05) is 27.0 Å². The van der Waals surface area contributed by atoms with E-state index in [9.17, 15) is 0 Å². The molecule has 1 N–H and O–H groups in total.